The van der Waals surface area contributed by atoms with Gasteiger partial charge in [0.2, 0.25) is 10.0 Å². The van der Waals surface area contributed by atoms with Crippen molar-refractivity contribution in [2.45, 2.75) is 44.2 Å². The molecule has 2 N–H and O–H groups in total. The lowest BCUT2D eigenvalue weighted by Gasteiger charge is -2.30. The van der Waals surface area contributed by atoms with Gasteiger partial charge >= 0.3 is 0 Å². The third kappa shape index (κ3) is 5.54. The van der Waals surface area contributed by atoms with Crippen LogP contribution in [0, 0.1) is 6.92 Å². The van der Waals surface area contributed by atoms with E-state index in [2.05, 4.69) is 17.0 Å². The molecular formula is C19H25ClN2O2S. The molecule has 25 heavy (non-hydrogen) atoms. The highest BCUT2D eigenvalue weighted by atomic mass is 35.5. The molecule has 0 aromatic heterocycles. The molecule has 0 aliphatic heterocycles. The van der Waals surface area contributed by atoms with Gasteiger partial charge in [-0.1, -0.05) is 48.0 Å². The average Bonchev–Trinajstić information content (AvgIpc) is 2.53. The van der Waals surface area contributed by atoms with E-state index < -0.39 is 15.6 Å². The second kappa shape index (κ2) is 7.87. The molecule has 0 aliphatic carbocycles. The Kier molecular flexibility index (Phi) is 6.27. The molecule has 0 fully saturated rings. The van der Waals surface area contributed by atoms with Crippen molar-refractivity contribution < 1.29 is 8.42 Å². The number of hydrogen-bond acceptors (Lipinski definition) is 3. The Morgan fingerprint density at radius 3 is 2.36 bits per heavy atom. The van der Waals surface area contributed by atoms with E-state index in [4.69, 9.17) is 11.6 Å². The Balaban J connectivity index is 2.05. The fraction of sp³-hybridized carbons (Fsp3) is 0.368. The van der Waals surface area contributed by atoms with Gasteiger partial charge in [0.15, 0.2) is 0 Å². The van der Waals surface area contributed by atoms with E-state index in [-0.39, 0.29) is 22.5 Å². The van der Waals surface area contributed by atoms with Crippen LogP contribution in [0.25, 0.3) is 0 Å². The summed E-state index contributed by atoms with van der Waals surface area (Å²) in [5, 5.41) is 3.69. The molecule has 0 spiro atoms. The Bertz CT molecular complexity index is 821. The minimum absolute atomic E-state index is 0.101. The number of benzene rings is 2. The summed E-state index contributed by atoms with van der Waals surface area (Å²) < 4.78 is 27.7. The SMILES string of the molecule is Cc1ccc(S(=O)(=O)NCC(C)(C)NC(C)c2ccccc2)c(Cl)c1. The third-order valence-corrected chi connectivity index (χ3v) is 5.87. The Hall–Kier alpha value is -1.40. The zero-order valence-electron chi connectivity index (χ0n) is 15.0. The molecule has 4 nitrogen and oxygen atoms in total. The molecule has 2 aromatic rings. The zero-order valence-corrected chi connectivity index (χ0v) is 16.6. The maximum atomic E-state index is 12.5. The molecule has 6 heteroatoms. The van der Waals surface area contributed by atoms with Gasteiger partial charge in [-0.2, -0.15) is 0 Å². The van der Waals surface area contributed by atoms with Crippen molar-refractivity contribution in [1.29, 1.82) is 0 Å². The summed E-state index contributed by atoms with van der Waals surface area (Å²) in [6.07, 6.45) is 0. The fourth-order valence-corrected chi connectivity index (χ4v) is 4.45. The van der Waals surface area contributed by atoms with E-state index in [0.29, 0.717) is 0 Å². The lowest BCUT2D eigenvalue weighted by molar-refractivity contribution is 0.346. The standard InChI is InChI=1S/C19H25ClN2O2S/c1-14-10-11-18(17(20)12-14)25(23,24)21-13-19(3,4)22-15(2)16-8-6-5-7-9-16/h5-12,15,21-22H,13H2,1-4H3. The van der Waals surface area contributed by atoms with Gasteiger partial charge in [0.25, 0.3) is 0 Å². The molecular weight excluding hydrogens is 356 g/mol. The Morgan fingerprint density at radius 1 is 1.12 bits per heavy atom. The van der Waals surface area contributed by atoms with Crippen molar-refractivity contribution in [3.05, 3.63) is 64.7 Å². The van der Waals surface area contributed by atoms with Gasteiger partial charge in [-0.05, 0) is 51.0 Å². The van der Waals surface area contributed by atoms with Gasteiger partial charge in [-0.3, -0.25) is 0 Å². The minimum Gasteiger partial charge on any atom is -0.304 e. The van der Waals surface area contributed by atoms with Crippen LogP contribution in [0.4, 0.5) is 0 Å². The maximum Gasteiger partial charge on any atom is 0.242 e. The zero-order chi connectivity index (χ0) is 18.7. The highest BCUT2D eigenvalue weighted by molar-refractivity contribution is 7.89. The lowest BCUT2D eigenvalue weighted by Crippen LogP contribution is -2.49. The molecule has 0 saturated carbocycles. The second-order valence-corrected chi connectivity index (χ2v) is 9.06. The molecule has 1 atom stereocenters. The van der Waals surface area contributed by atoms with Crippen molar-refractivity contribution in [3.8, 4) is 0 Å². The van der Waals surface area contributed by atoms with Gasteiger partial charge in [-0.25, -0.2) is 13.1 Å². The summed E-state index contributed by atoms with van der Waals surface area (Å²) in [5.74, 6) is 0. The van der Waals surface area contributed by atoms with Gasteiger partial charge < -0.3 is 5.32 Å². The number of hydrogen-bond donors (Lipinski definition) is 2. The Morgan fingerprint density at radius 2 is 1.76 bits per heavy atom. The van der Waals surface area contributed by atoms with E-state index >= 15 is 0 Å². The summed E-state index contributed by atoms with van der Waals surface area (Å²) >= 11 is 6.09. The minimum atomic E-state index is -3.66. The predicted octanol–water partition coefficient (Wildman–Crippen LogP) is 4.06. The van der Waals surface area contributed by atoms with Crippen LogP contribution in [-0.4, -0.2) is 20.5 Å². The molecule has 0 saturated heterocycles. The maximum absolute atomic E-state index is 12.5. The van der Waals surface area contributed by atoms with Gasteiger partial charge in [0, 0.05) is 18.1 Å². The number of nitrogens with one attached hydrogen (secondary N) is 2. The fourth-order valence-electron chi connectivity index (χ4n) is 2.64. The molecule has 0 aliphatic rings. The topological polar surface area (TPSA) is 58.2 Å². The summed E-state index contributed by atoms with van der Waals surface area (Å²) in [6, 6.07) is 15.1. The van der Waals surface area contributed by atoms with Crippen molar-refractivity contribution in [3.63, 3.8) is 0 Å². The van der Waals surface area contributed by atoms with Crippen LogP contribution >= 0.6 is 11.6 Å². The molecule has 0 heterocycles. The highest BCUT2D eigenvalue weighted by Gasteiger charge is 2.25. The van der Waals surface area contributed by atoms with E-state index in [0.717, 1.165) is 11.1 Å². The first-order valence-electron chi connectivity index (χ1n) is 8.19. The average molecular weight is 381 g/mol. The summed E-state index contributed by atoms with van der Waals surface area (Å²) in [4.78, 5) is 0.103. The smallest absolute Gasteiger partial charge is 0.242 e. The molecule has 1 unspecified atom stereocenters. The number of sulfonamides is 1. The second-order valence-electron chi connectivity index (χ2n) is 6.92. The van der Waals surface area contributed by atoms with Crippen molar-refractivity contribution >= 4 is 21.6 Å². The van der Waals surface area contributed by atoms with Gasteiger partial charge in [0.1, 0.15) is 4.90 Å². The lowest BCUT2D eigenvalue weighted by atomic mass is 10.0. The van der Waals surface area contributed by atoms with Crippen molar-refractivity contribution in [2.24, 2.45) is 0 Å². The molecule has 0 bridgehead atoms. The Labute approximate surface area is 155 Å². The van der Waals surface area contributed by atoms with Crippen LogP contribution in [0.1, 0.15) is 37.9 Å². The predicted molar refractivity (Wildman–Crippen MR) is 103 cm³/mol. The first-order valence-corrected chi connectivity index (χ1v) is 10.1. The normalized spacial score (nSPS) is 13.6. The van der Waals surface area contributed by atoms with E-state index in [1.165, 1.54) is 6.07 Å². The summed E-state index contributed by atoms with van der Waals surface area (Å²) in [7, 11) is -3.66. The van der Waals surface area contributed by atoms with Crippen LogP contribution in [-0.2, 0) is 10.0 Å². The van der Waals surface area contributed by atoms with Crippen molar-refractivity contribution in [1.82, 2.24) is 10.0 Å². The van der Waals surface area contributed by atoms with Gasteiger partial charge in [-0.15, -0.1) is 0 Å². The first-order chi connectivity index (χ1) is 11.6. The molecule has 136 valence electrons. The molecule has 2 aromatic carbocycles. The number of rotatable bonds is 7. The number of aryl methyl sites for hydroxylation is 1. The summed E-state index contributed by atoms with van der Waals surface area (Å²) in [5.41, 5.74) is 1.64. The monoisotopic (exact) mass is 380 g/mol. The molecule has 0 amide bonds. The van der Waals surface area contributed by atoms with Crippen LogP contribution in [0.3, 0.4) is 0 Å². The highest BCUT2D eigenvalue weighted by Crippen LogP contribution is 2.23. The quantitative estimate of drug-likeness (QED) is 0.761. The van der Waals surface area contributed by atoms with Crippen molar-refractivity contribution in [2.75, 3.05) is 6.54 Å². The van der Waals surface area contributed by atoms with Crippen LogP contribution in [0.2, 0.25) is 5.02 Å². The van der Waals surface area contributed by atoms with Crippen LogP contribution < -0.4 is 10.0 Å². The van der Waals surface area contributed by atoms with Crippen LogP contribution in [0.5, 0.6) is 0 Å². The number of halogens is 1. The van der Waals surface area contributed by atoms with Crippen LogP contribution in [0.15, 0.2) is 53.4 Å². The largest absolute Gasteiger partial charge is 0.304 e. The molecule has 2 rings (SSSR count). The van der Waals surface area contributed by atoms with E-state index in [9.17, 15) is 8.42 Å². The van der Waals surface area contributed by atoms with E-state index in [1.807, 2.05) is 51.1 Å². The van der Waals surface area contributed by atoms with E-state index in [1.54, 1.807) is 12.1 Å². The van der Waals surface area contributed by atoms with Gasteiger partial charge in [0.05, 0.1) is 5.02 Å². The third-order valence-electron chi connectivity index (χ3n) is 3.99. The molecule has 0 radical (unpaired) electrons. The first kappa shape index (κ1) is 19.9. The summed E-state index contributed by atoms with van der Waals surface area (Å²) in [6.45, 7) is 8.10.